The molecule has 1 heterocycles. The third-order valence-corrected chi connectivity index (χ3v) is 5.85. The molecule has 0 radical (unpaired) electrons. The highest BCUT2D eigenvalue weighted by Crippen LogP contribution is 2.34. The van der Waals surface area contributed by atoms with Crippen molar-refractivity contribution < 1.29 is 9.13 Å². The molecule has 31 heavy (non-hydrogen) atoms. The number of benzene rings is 2. The Morgan fingerprint density at radius 1 is 1.13 bits per heavy atom. The van der Waals surface area contributed by atoms with Crippen LogP contribution in [0.3, 0.4) is 0 Å². The van der Waals surface area contributed by atoms with Crippen LogP contribution >= 0.6 is 0 Å². The largest absolute Gasteiger partial charge is 0.493 e. The predicted molar refractivity (Wildman–Crippen MR) is 127 cm³/mol. The van der Waals surface area contributed by atoms with Crippen LogP contribution < -0.4 is 10.1 Å². The van der Waals surface area contributed by atoms with E-state index in [9.17, 15) is 4.39 Å². The van der Waals surface area contributed by atoms with Crippen LogP contribution in [0.1, 0.15) is 54.6 Å². The van der Waals surface area contributed by atoms with Crippen LogP contribution in [0.2, 0.25) is 0 Å². The van der Waals surface area contributed by atoms with E-state index < -0.39 is 6.17 Å². The minimum absolute atomic E-state index is 0.429. The van der Waals surface area contributed by atoms with Crippen molar-refractivity contribution in [3.63, 3.8) is 0 Å². The lowest BCUT2D eigenvalue weighted by Gasteiger charge is -2.31. The zero-order chi connectivity index (χ0) is 22.2. The summed E-state index contributed by atoms with van der Waals surface area (Å²) in [6.45, 7) is 15.6. The maximum atomic E-state index is 14.9. The van der Waals surface area contributed by atoms with Crippen molar-refractivity contribution in [2.45, 2.75) is 52.0 Å². The summed E-state index contributed by atoms with van der Waals surface area (Å²) in [4.78, 5) is 2.18. The summed E-state index contributed by atoms with van der Waals surface area (Å²) < 4.78 is 20.7. The van der Waals surface area contributed by atoms with Crippen LogP contribution in [0.4, 0.5) is 4.39 Å². The Morgan fingerprint density at radius 2 is 1.84 bits per heavy atom. The zero-order valence-corrected chi connectivity index (χ0v) is 18.7. The molecule has 1 saturated carbocycles. The highest BCUT2D eigenvalue weighted by atomic mass is 19.1. The first kappa shape index (κ1) is 23.1. The second-order valence-electron chi connectivity index (χ2n) is 8.38. The van der Waals surface area contributed by atoms with Crippen LogP contribution in [0.15, 0.2) is 67.9 Å². The molecule has 166 valence electrons. The van der Waals surface area contributed by atoms with Crippen LogP contribution in [0, 0.1) is 5.92 Å². The van der Waals surface area contributed by atoms with Crippen molar-refractivity contribution in [2.24, 2.45) is 5.92 Å². The van der Waals surface area contributed by atoms with E-state index in [0.717, 1.165) is 55.2 Å². The Balaban J connectivity index is 0.00000132. The maximum absolute atomic E-state index is 14.9. The van der Waals surface area contributed by atoms with Gasteiger partial charge in [0.1, 0.15) is 11.9 Å². The van der Waals surface area contributed by atoms with E-state index in [4.69, 9.17) is 4.74 Å². The fourth-order valence-electron chi connectivity index (χ4n) is 3.72. The Labute approximate surface area is 186 Å². The number of alkyl halides is 1. The normalized spacial score (nSPS) is 17.8. The van der Waals surface area contributed by atoms with Gasteiger partial charge in [-0.2, -0.15) is 0 Å². The van der Waals surface area contributed by atoms with Gasteiger partial charge >= 0.3 is 0 Å². The lowest BCUT2D eigenvalue weighted by atomic mass is 9.97. The second-order valence-corrected chi connectivity index (χ2v) is 8.38. The molecule has 1 aliphatic carbocycles. The summed E-state index contributed by atoms with van der Waals surface area (Å²) in [5.74, 6) is 1.51. The molecule has 1 N–H and O–H groups in total. The van der Waals surface area contributed by atoms with E-state index in [2.05, 4.69) is 61.1 Å². The Bertz CT molecular complexity index is 860. The molecule has 0 saturated heterocycles. The number of nitrogens with zero attached hydrogens (tertiary/aromatic N) is 1. The van der Waals surface area contributed by atoms with Gasteiger partial charge in [0.25, 0.3) is 0 Å². The average Bonchev–Trinajstić information content (AvgIpc) is 3.63. The van der Waals surface area contributed by atoms with Gasteiger partial charge in [0, 0.05) is 31.9 Å². The molecule has 1 atom stereocenters. The Kier molecular flexibility index (Phi) is 8.30. The van der Waals surface area contributed by atoms with Gasteiger partial charge < -0.3 is 10.1 Å². The predicted octanol–water partition coefficient (Wildman–Crippen LogP) is 6.32. The van der Waals surface area contributed by atoms with E-state index in [1.165, 1.54) is 24.0 Å². The van der Waals surface area contributed by atoms with Gasteiger partial charge in [-0.05, 0) is 59.6 Å². The summed E-state index contributed by atoms with van der Waals surface area (Å²) in [6, 6.07) is 14.5. The van der Waals surface area contributed by atoms with Crippen molar-refractivity contribution in [1.29, 1.82) is 0 Å². The van der Waals surface area contributed by atoms with Crippen LogP contribution in [0.25, 0.3) is 0 Å². The first-order valence-electron chi connectivity index (χ1n) is 11.2. The molecule has 4 rings (SSSR count). The molecule has 2 aromatic carbocycles. The molecule has 0 bridgehead atoms. The third kappa shape index (κ3) is 6.70. The summed E-state index contributed by atoms with van der Waals surface area (Å²) in [5, 5.41) is 3.32. The molecule has 2 aromatic rings. The number of allylic oxidation sites excluding steroid dienone is 1. The molecule has 1 unspecified atom stereocenters. The van der Waals surface area contributed by atoms with Crippen molar-refractivity contribution in [1.82, 2.24) is 10.2 Å². The van der Waals surface area contributed by atoms with Gasteiger partial charge in [-0.25, -0.2) is 4.39 Å². The first-order valence-corrected chi connectivity index (χ1v) is 11.2. The summed E-state index contributed by atoms with van der Waals surface area (Å²) in [5.41, 5.74) is 5.36. The van der Waals surface area contributed by atoms with Gasteiger partial charge in [-0.1, -0.05) is 43.8 Å². The van der Waals surface area contributed by atoms with Gasteiger partial charge in [-0.15, -0.1) is 13.2 Å². The number of nitrogens with one attached hydrogen (secondary N) is 1. The highest BCUT2D eigenvalue weighted by Gasteiger charge is 2.26. The van der Waals surface area contributed by atoms with E-state index in [1.54, 1.807) is 0 Å². The maximum Gasteiger partial charge on any atom is 0.138 e. The number of hydrogen-bond acceptors (Lipinski definition) is 3. The number of halogens is 1. The smallest absolute Gasteiger partial charge is 0.138 e. The van der Waals surface area contributed by atoms with Gasteiger partial charge in [-0.3, -0.25) is 4.90 Å². The number of hydrogen-bond donors (Lipinski definition) is 1. The monoisotopic (exact) mass is 422 g/mol. The minimum atomic E-state index is -0.966. The average molecular weight is 423 g/mol. The molecular formula is C27H35FN2O. The molecule has 0 amide bonds. The first-order chi connectivity index (χ1) is 15.1. The van der Waals surface area contributed by atoms with Crippen LogP contribution in [-0.2, 0) is 19.6 Å². The Hall–Kier alpha value is -2.59. The summed E-state index contributed by atoms with van der Waals surface area (Å²) in [6.07, 6.45) is 2.49. The van der Waals surface area contributed by atoms with Crippen LogP contribution in [-0.4, -0.2) is 18.1 Å². The fourth-order valence-corrected chi connectivity index (χ4v) is 3.72. The van der Waals surface area contributed by atoms with E-state index in [-0.39, 0.29) is 0 Å². The minimum Gasteiger partial charge on any atom is -0.493 e. The Morgan fingerprint density at radius 3 is 2.52 bits per heavy atom. The van der Waals surface area contributed by atoms with Crippen molar-refractivity contribution >= 4 is 0 Å². The van der Waals surface area contributed by atoms with E-state index in [1.807, 2.05) is 18.2 Å². The van der Waals surface area contributed by atoms with Crippen molar-refractivity contribution in [2.75, 3.05) is 13.2 Å². The third-order valence-electron chi connectivity index (χ3n) is 5.85. The second kappa shape index (κ2) is 11.1. The van der Waals surface area contributed by atoms with Gasteiger partial charge in [0.2, 0.25) is 0 Å². The molecular weight excluding hydrogens is 387 g/mol. The molecule has 2 aliphatic rings. The molecule has 0 aromatic heterocycles. The van der Waals surface area contributed by atoms with Crippen LogP contribution in [0.5, 0.6) is 5.75 Å². The van der Waals surface area contributed by atoms with E-state index in [0.29, 0.717) is 12.5 Å². The molecule has 4 heteroatoms. The quantitative estimate of drug-likeness (QED) is 0.479. The van der Waals surface area contributed by atoms with E-state index >= 15 is 0 Å². The van der Waals surface area contributed by atoms with Gasteiger partial charge in [0.05, 0.1) is 6.61 Å². The number of rotatable bonds is 9. The number of ether oxygens (including phenoxy) is 1. The summed E-state index contributed by atoms with van der Waals surface area (Å²) in [7, 11) is 0. The molecule has 0 spiro atoms. The summed E-state index contributed by atoms with van der Waals surface area (Å²) >= 11 is 0. The van der Waals surface area contributed by atoms with Crippen molar-refractivity contribution in [3.8, 4) is 5.75 Å². The molecule has 1 fully saturated rings. The SMILES string of the molecule is C=C.C=C(CC)NCc1ccc(CN2Cc3ccc(OCC4CC4)cc3C(F)C2)cc1. The fraction of sp³-hybridized carbons (Fsp3) is 0.407. The molecule has 3 nitrogen and oxygen atoms in total. The number of fused-ring (bicyclic) bond motifs is 1. The molecule has 1 aliphatic heterocycles. The zero-order valence-electron chi connectivity index (χ0n) is 18.7. The van der Waals surface area contributed by atoms with Crippen molar-refractivity contribution in [3.05, 3.63) is 90.2 Å². The van der Waals surface area contributed by atoms with Gasteiger partial charge in [0.15, 0.2) is 0 Å². The lowest BCUT2D eigenvalue weighted by molar-refractivity contribution is 0.158. The standard InChI is InChI=1S/C25H31FN2O.C2H4/c1-3-18(2)27-13-19-4-6-20(7-5-19)14-28-15-22-10-11-23(29-17-21-8-9-21)12-24(22)25(26)16-28;1-2/h4-7,10-12,21,25,27H,2-3,8-9,13-17H2,1H3;1-2H2. The topological polar surface area (TPSA) is 24.5 Å². The lowest BCUT2D eigenvalue weighted by Crippen LogP contribution is -2.31. The highest BCUT2D eigenvalue weighted by molar-refractivity contribution is 5.39.